The van der Waals surface area contributed by atoms with Crippen molar-refractivity contribution in [1.29, 1.82) is 0 Å². The molecular weight excluding hydrogens is 266 g/mol. The highest BCUT2D eigenvalue weighted by atomic mass is 32.2. The van der Waals surface area contributed by atoms with Gasteiger partial charge in [0.15, 0.2) is 0 Å². The molecule has 18 heavy (non-hydrogen) atoms. The van der Waals surface area contributed by atoms with Crippen LogP contribution in [-0.4, -0.2) is 31.0 Å². The van der Waals surface area contributed by atoms with Crippen molar-refractivity contribution in [3.63, 3.8) is 0 Å². The number of nitro benzene ring substituents is 1. The van der Waals surface area contributed by atoms with Gasteiger partial charge in [-0.1, -0.05) is 6.07 Å². The van der Waals surface area contributed by atoms with Gasteiger partial charge in [0.25, 0.3) is 15.9 Å². The van der Waals surface area contributed by atoms with Crippen LogP contribution in [0, 0.1) is 10.1 Å². The van der Waals surface area contributed by atoms with Gasteiger partial charge in [-0.25, -0.2) is 9.44 Å². The summed E-state index contributed by atoms with van der Waals surface area (Å²) in [5.41, 5.74) is -0.555. The molecule has 10 heteroatoms. The molecule has 1 aromatic rings. The maximum absolute atomic E-state index is 11.2. The Morgan fingerprint density at radius 2 is 2.11 bits per heavy atom. The summed E-state index contributed by atoms with van der Waals surface area (Å²) in [7, 11) is -4.33. The van der Waals surface area contributed by atoms with Gasteiger partial charge >= 0.3 is 5.97 Å². The van der Waals surface area contributed by atoms with Crippen LogP contribution in [0.4, 0.5) is 11.4 Å². The third-order valence-corrected chi connectivity index (χ3v) is 2.87. The highest BCUT2D eigenvalue weighted by Crippen LogP contribution is 2.22. The molecule has 0 radical (unpaired) electrons. The van der Waals surface area contributed by atoms with Gasteiger partial charge in [-0.05, 0) is 6.07 Å². The quantitative estimate of drug-likeness (QED) is 0.557. The minimum absolute atomic E-state index is 0.186. The third-order valence-electron chi connectivity index (χ3n) is 1.91. The van der Waals surface area contributed by atoms with Crippen LogP contribution in [0.15, 0.2) is 24.3 Å². The summed E-state index contributed by atoms with van der Waals surface area (Å²) >= 11 is 0. The summed E-state index contributed by atoms with van der Waals surface area (Å²) in [4.78, 5) is 20.4. The van der Waals surface area contributed by atoms with Crippen molar-refractivity contribution in [2.24, 2.45) is 5.14 Å². The number of nitrogens with zero attached hydrogens (tertiary/aromatic N) is 2. The Bertz CT molecular complexity index is 584. The first-order valence-corrected chi connectivity index (χ1v) is 5.99. The molecule has 0 aliphatic carbocycles. The number of hydrogen-bond donors (Lipinski definition) is 2. The van der Waals surface area contributed by atoms with E-state index in [-0.39, 0.29) is 11.4 Å². The van der Waals surface area contributed by atoms with Crippen molar-refractivity contribution in [1.82, 2.24) is 0 Å². The van der Waals surface area contributed by atoms with E-state index >= 15 is 0 Å². The lowest BCUT2D eigenvalue weighted by atomic mass is 10.3. The van der Waals surface area contributed by atoms with E-state index < -0.39 is 27.6 Å². The molecule has 0 atom stereocenters. The van der Waals surface area contributed by atoms with Crippen molar-refractivity contribution >= 4 is 27.6 Å². The first kappa shape index (κ1) is 13.9. The fraction of sp³-hybridized carbons (Fsp3) is 0.125. The zero-order chi connectivity index (χ0) is 13.9. The van der Waals surface area contributed by atoms with Gasteiger partial charge in [-0.2, -0.15) is 8.42 Å². The molecule has 0 spiro atoms. The lowest BCUT2D eigenvalue weighted by Crippen LogP contribution is -2.40. The van der Waals surface area contributed by atoms with E-state index in [9.17, 15) is 23.3 Å². The number of anilines is 1. The van der Waals surface area contributed by atoms with E-state index in [1.54, 1.807) is 0 Å². The van der Waals surface area contributed by atoms with Crippen LogP contribution >= 0.6 is 0 Å². The smallest absolute Gasteiger partial charge is 0.324 e. The molecule has 0 bridgehead atoms. The van der Waals surface area contributed by atoms with Gasteiger partial charge in [-0.3, -0.25) is 14.9 Å². The van der Waals surface area contributed by atoms with E-state index in [1.165, 1.54) is 12.1 Å². The zero-order valence-electron chi connectivity index (χ0n) is 8.88. The number of hydrogen-bond acceptors (Lipinski definition) is 5. The number of carboxylic acids is 1. The topological polar surface area (TPSA) is 144 Å². The summed E-state index contributed by atoms with van der Waals surface area (Å²) in [6.45, 7) is -0.917. The molecule has 0 fully saturated rings. The Balaban J connectivity index is 3.25. The van der Waals surface area contributed by atoms with Crippen LogP contribution in [-0.2, 0) is 15.0 Å². The van der Waals surface area contributed by atoms with Gasteiger partial charge in [0.1, 0.15) is 6.54 Å². The Morgan fingerprint density at radius 3 is 2.56 bits per heavy atom. The number of carbonyl (C=O) groups is 1. The van der Waals surface area contributed by atoms with Crippen LogP contribution < -0.4 is 9.44 Å². The third kappa shape index (κ3) is 3.40. The summed E-state index contributed by atoms with van der Waals surface area (Å²) in [6, 6.07) is 4.51. The second-order valence-corrected chi connectivity index (χ2v) is 4.69. The second-order valence-electron chi connectivity index (χ2n) is 3.22. The van der Waals surface area contributed by atoms with E-state index in [2.05, 4.69) is 0 Å². The molecule has 98 valence electrons. The first-order valence-electron chi connectivity index (χ1n) is 4.48. The highest BCUT2D eigenvalue weighted by Gasteiger charge is 2.22. The van der Waals surface area contributed by atoms with E-state index in [0.717, 1.165) is 12.1 Å². The number of nitro groups is 1. The average molecular weight is 275 g/mol. The van der Waals surface area contributed by atoms with E-state index in [1.807, 2.05) is 0 Å². The molecule has 9 nitrogen and oxygen atoms in total. The summed E-state index contributed by atoms with van der Waals surface area (Å²) in [6.07, 6.45) is 0. The van der Waals surface area contributed by atoms with Crippen LogP contribution in [0.1, 0.15) is 0 Å². The number of aliphatic carboxylic acids is 1. The molecule has 0 aromatic heterocycles. The average Bonchev–Trinajstić information content (AvgIpc) is 2.24. The lowest BCUT2D eigenvalue weighted by Gasteiger charge is -2.19. The second kappa shape index (κ2) is 4.98. The van der Waals surface area contributed by atoms with Gasteiger partial charge in [0.05, 0.1) is 10.6 Å². The monoisotopic (exact) mass is 275 g/mol. The van der Waals surface area contributed by atoms with Crippen molar-refractivity contribution in [2.75, 3.05) is 10.8 Å². The Hall–Kier alpha value is -2.20. The first-order chi connectivity index (χ1) is 8.21. The molecule has 3 N–H and O–H groups in total. The molecule has 0 aliphatic heterocycles. The SMILES string of the molecule is NS(=O)(=O)N(CC(=O)O)c1cccc([N+](=O)[O-])c1. The minimum atomic E-state index is -4.33. The number of non-ortho nitro benzene ring substituents is 1. The lowest BCUT2D eigenvalue weighted by molar-refractivity contribution is -0.384. The van der Waals surface area contributed by atoms with Crippen LogP contribution in [0.5, 0.6) is 0 Å². The van der Waals surface area contributed by atoms with Gasteiger partial charge in [0.2, 0.25) is 0 Å². The highest BCUT2D eigenvalue weighted by molar-refractivity contribution is 7.90. The largest absolute Gasteiger partial charge is 0.480 e. The van der Waals surface area contributed by atoms with Crippen molar-refractivity contribution in [3.8, 4) is 0 Å². The normalized spacial score (nSPS) is 10.9. The van der Waals surface area contributed by atoms with E-state index in [4.69, 9.17) is 10.2 Å². The van der Waals surface area contributed by atoms with Crippen LogP contribution in [0.25, 0.3) is 0 Å². The molecular formula is C8H9N3O6S. The molecule has 0 aliphatic rings. The number of rotatable bonds is 5. The number of benzene rings is 1. The number of nitrogens with two attached hydrogens (primary N) is 1. The van der Waals surface area contributed by atoms with Gasteiger partial charge in [0, 0.05) is 12.1 Å². The maximum atomic E-state index is 11.2. The van der Waals surface area contributed by atoms with Crippen LogP contribution in [0.3, 0.4) is 0 Å². The Labute approximate surface area is 102 Å². The van der Waals surface area contributed by atoms with Crippen molar-refractivity contribution in [3.05, 3.63) is 34.4 Å². The summed E-state index contributed by atoms with van der Waals surface area (Å²) < 4.78 is 22.8. The number of carboxylic acid groups (broad SMARTS) is 1. The molecule has 0 amide bonds. The molecule has 0 saturated carbocycles. The summed E-state index contributed by atoms with van der Waals surface area (Å²) in [5.74, 6) is -1.43. The standard InChI is InChI=1S/C8H9N3O6S/c9-18(16,17)10(5-8(12)13)6-2-1-3-7(4-6)11(14)15/h1-4H,5H2,(H,12,13)(H2,9,16,17). The predicted octanol–water partition coefficient (Wildman–Crippen LogP) is -0.311. The molecule has 0 unspecified atom stereocenters. The minimum Gasteiger partial charge on any atom is -0.480 e. The maximum Gasteiger partial charge on any atom is 0.324 e. The van der Waals surface area contributed by atoms with Crippen molar-refractivity contribution < 1.29 is 23.2 Å². The fourth-order valence-electron chi connectivity index (χ4n) is 1.21. The molecule has 1 rings (SSSR count). The Kier molecular flexibility index (Phi) is 3.83. The van der Waals surface area contributed by atoms with Crippen molar-refractivity contribution in [2.45, 2.75) is 0 Å². The predicted molar refractivity (Wildman–Crippen MR) is 61.2 cm³/mol. The molecule has 0 heterocycles. The van der Waals surface area contributed by atoms with Gasteiger partial charge in [-0.15, -0.1) is 0 Å². The zero-order valence-corrected chi connectivity index (χ0v) is 9.70. The molecule has 1 aromatic carbocycles. The van der Waals surface area contributed by atoms with E-state index in [0.29, 0.717) is 4.31 Å². The molecule has 0 saturated heterocycles. The Morgan fingerprint density at radius 1 is 1.50 bits per heavy atom. The fourth-order valence-corrected chi connectivity index (χ4v) is 1.91. The van der Waals surface area contributed by atoms with Gasteiger partial charge < -0.3 is 5.11 Å². The van der Waals surface area contributed by atoms with Crippen LogP contribution in [0.2, 0.25) is 0 Å². The summed E-state index contributed by atoms with van der Waals surface area (Å²) in [5, 5.41) is 24.0.